The standard InChI is InChI=1S/C25H24FN3O4S/c1-15-9-22(16(2)29(15)13-17-5-7-19(26)8-6-17)23(30)14-34-25-28-27-24(33-25)18-10-20(31-3)12-21(11-18)32-4/h5-12H,13-14H2,1-4H3. The molecule has 2 heterocycles. The van der Waals surface area contributed by atoms with Crippen LogP contribution in [0.5, 0.6) is 11.5 Å². The monoisotopic (exact) mass is 481 g/mol. The molecule has 34 heavy (non-hydrogen) atoms. The maximum atomic E-state index is 13.2. The number of carbonyl (C=O) groups excluding carboxylic acids is 1. The maximum Gasteiger partial charge on any atom is 0.277 e. The van der Waals surface area contributed by atoms with Crippen molar-refractivity contribution in [2.24, 2.45) is 0 Å². The van der Waals surface area contributed by atoms with Gasteiger partial charge in [-0.1, -0.05) is 23.9 Å². The average molecular weight is 482 g/mol. The average Bonchev–Trinajstić information content (AvgIpc) is 3.43. The van der Waals surface area contributed by atoms with Gasteiger partial charge in [-0.3, -0.25) is 4.79 Å². The van der Waals surface area contributed by atoms with Crippen LogP contribution in [0, 0.1) is 19.7 Å². The molecule has 0 N–H and O–H groups in total. The molecule has 2 aromatic heterocycles. The van der Waals surface area contributed by atoms with Gasteiger partial charge < -0.3 is 18.5 Å². The summed E-state index contributed by atoms with van der Waals surface area (Å²) >= 11 is 1.18. The lowest BCUT2D eigenvalue weighted by Crippen LogP contribution is -2.07. The summed E-state index contributed by atoms with van der Waals surface area (Å²) in [5, 5.41) is 8.44. The second-order valence-corrected chi connectivity index (χ2v) is 8.61. The molecule has 0 aliphatic heterocycles. The maximum absolute atomic E-state index is 13.2. The van der Waals surface area contributed by atoms with Gasteiger partial charge in [0, 0.05) is 35.1 Å². The number of halogens is 1. The second-order valence-electron chi connectivity index (χ2n) is 7.68. The number of ketones is 1. The summed E-state index contributed by atoms with van der Waals surface area (Å²) < 4.78 is 31.6. The second kappa shape index (κ2) is 10.1. The Bertz CT molecular complexity index is 1290. The van der Waals surface area contributed by atoms with Crippen molar-refractivity contribution in [3.05, 3.63) is 76.9 Å². The molecule has 0 aliphatic carbocycles. The summed E-state index contributed by atoms with van der Waals surface area (Å²) in [4.78, 5) is 12.9. The van der Waals surface area contributed by atoms with E-state index >= 15 is 0 Å². The van der Waals surface area contributed by atoms with Crippen LogP contribution in [0.2, 0.25) is 0 Å². The van der Waals surface area contributed by atoms with Gasteiger partial charge in [0.1, 0.15) is 17.3 Å². The predicted molar refractivity (Wildman–Crippen MR) is 127 cm³/mol. The third-order valence-electron chi connectivity index (χ3n) is 5.46. The van der Waals surface area contributed by atoms with Crippen LogP contribution in [0.1, 0.15) is 27.3 Å². The first-order chi connectivity index (χ1) is 16.4. The Labute approximate surface area is 200 Å². The van der Waals surface area contributed by atoms with E-state index in [9.17, 15) is 9.18 Å². The molecular weight excluding hydrogens is 457 g/mol. The number of ether oxygens (including phenoxy) is 2. The fraction of sp³-hybridized carbons (Fsp3) is 0.240. The zero-order valence-electron chi connectivity index (χ0n) is 19.3. The highest BCUT2D eigenvalue weighted by Crippen LogP contribution is 2.31. The van der Waals surface area contributed by atoms with E-state index < -0.39 is 0 Å². The van der Waals surface area contributed by atoms with Gasteiger partial charge >= 0.3 is 0 Å². The number of benzene rings is 2. The third kappa shape index (κ3) is 5.14. The molecule has 0 saturated heterocycles. The van der Waals surface area contributed by atoms with Crippen LogP contribution in [0.15, 0.2) is 58.2 Å². The topological polar surface area (TPSA) is 79.4 Å². The minimum absolute atomic E-state index is 0.0359. The number of thioether (sulfide) groups is 1. The first-order valence-corrected chi connectivity index (χ1v) is 11.5. The highest BCUT2D eigenvalue weighted by Gasteiger charge is 2.18. The van der Waals surface area contributed by atoms with Crippen LogP contribution in [0.4, 0.5) is 4.39 Å². The van der Waals surface area contributed by atoms with E-state index in [1.54, 1.807) is 44.6 Å². The van der Waals surface area contributed by atoms with Gasteiger partial charge in [0.2, 0.25) is 5.89 Å². The van der Waals surface area contributed by atoms with Crippen molar-refractivity contribution in [1.82, 2.24) is 14.8 Å². The van der Waals surface area contributed by atoms with Crippen molar-refractivity contribution in [1.29, 1.82) is 0 Å². The Morgan fingerprint density at radius 3 is 2.35 bits per heavy atom. The minimum atomic E-state index is -0.271. The minimum Gasteiger partial charge on any atom is -0.497 e. The van der Waals surface area contributed by atoms with Gasteiger partial charge in [0.05, 0.1) is 20.0 Å². The first kappa shape index (κ1) is 23.6. The predicted octanol–water partition coefficient (Wildman–Crippen LogP) is 5.33. The number of methoxy groups -OCH3 is 2. The van der Waals surface area contributed by atoms with Crippen LogP contribution in [0.3, 0.4) is 0 Å². The van der Waals surface area contributed by atoms with Crippen molar-refractivity contribution in [2.75, 3.05) is 20.0 Å². The van der Waals surface area contributed by atoms with Crippen LogP contribution in [-0.2, 0) is 6.54 Å². The van der Waals surface area contributed by atoms with E-state index in [-0.39, 0.29) is 17.4 Å². The van der Waals surface area contributed by atoms with Crippen molar-refractivity contribution >= 4 is 17.5 Å². The van der Waals surface area contributed by atoms with E-state index in [2.05, 4.69) is 10.2 Å². The van der Waals surface area contributed by atoms with Crippen LogP contribution in [-0.4, -0.2) is 40.5 Å². The van der Waals surface area contributed by atoms with E-state index in [1.165, 1.54) is 23.9 Å². The molecule has 4 rings (SSSR count). The van der Waals surface area contributed by atoms with Crippen LogP contribution in [0.25, 0.3) is 11.5 Å². The molecule has 2 aromatic carbocycles. The van der Waals surface area contributed by atoms with Crippen molar-refractivity contribution in [3.8, 4) is 23.0 Å². The van der Waals surface area contributed by atoms with Crippen molar-refractivity contribution in [2.45, 2.75) is 25.6 Å². The molecule has 0 saturated carbocycles. The fourth-order valence-corrected chi connectivity index (χ4v) is 4.27. The molecule has 0 atom stereocenters. The van der Waals surface area contributed by atoms with Gasteiger partial charge in [0.15, 0.2) is 5.78 Å². The number of hydrogen-bond acceptors (Lipinski definition) is 7. The molecule has 7 nitrogen and oxygen atoms in total. The van der Waals surface area contributed by atoms with E-state index in [0.717, 1.165) is 17.0 Å². The molecule has 0 amide bonds. The zero-order chi connectivity index (χ0) is 24.2. The number of aromatic nitrogens is 3. The van der Waals surface area contributed by atoms with Crippen LogP contribution >= 0.6 is 11.8 Å². The Morgan fingerprint density at radius 1 is 1.03 bits per heavy atom. The number of nitrogens with zero attached hydrogens (tertiary/aromatic N) is 3. The normalized spacial score (nSPS) is 11.0. The van der Waals surface area contributed by atoms with Crippen molar-refractivity contribution in [3.63, 3.8) is 0 Å². The van der Waals surface area contributed by atoms with Gasteiger partial charge in [0.25, 0.3) is 5.22 Å². The lowest BCUT2D eigenvalue weighted by Gasteiger charge is -2.10. The Balaban J connectivity index is 1.45. The molecule has 0 spiro atoms. The molecule has 0 fully saturated rings. The molecule has 4 aromatic rings. The first-order valence-electron chi connectivity index (χ1n) is 10.5. The number of hydrogen-bond donors (Lipinski definition) is 0. The summed E-state index contributed by atoms with van der Waals surface area (Å²) in [6, 6.07) is 13.5. The summed E-state index contributed by atoms with van der Waals surface area (Å²) in [5.74, 6) is 1.37. The number of rotatable bonds is 9. The molecule has 0 unspecified atom stereocenters. The van der Waals surface area contributed by atoms with Crippen LogP contribution < -0.4 is 9.47 Å². The molecule has 9 heteroatoms. The SMILES string of the molecule is COc1cc(OC)cc(-c2nnc(SCC(=O)c3cc(C)n(Cc4ccc(F)cc4)c3C)o2)c1. The molecule has 176 valence electrons. The summed E-state index contributed by atoms with van der Waals surface area (Å²) in [6.07, 6.45) is 0. The Hall–Kier alpha value is -3.59. The highest BCUT2D eigenvalue weighted by molar-refractivity contribution is 7.99. The van der Waals surface area contributed by atoms with Gasteiger partial charge in [-0.25, -0.2) is 4.39 Å². The summed E-state index contributed by atoms with van der Waals surface area (Å²) in [6.45, 7) is 4.43. The van der Waals surface area contributed by atoms with E-state index in [4.69, 9.17) is 13.9 Å². The number of Topliss-reactive ketones (excluding diaryl/α,β-unsaturated/α-hetero) is 1. The summed E-state index contributed by atoms with van der Waals surface area (Å²) in [5.41, 5.74) is 4.09. The zero-order valence-corrected chi connectivity index (χ0v) is 20.1. The molecule has 0 radical (unpaired) electrons. The Kier molecular flexibility index (Phi) is 7.02. The van der Waals surface area contributed by atoms with Crippen molar-refractivity contribution < 1.29 is 23.1 Å². The number of aryl methyl sites for hydroxylation is 1. The smallest absolute Gasteiger partial charge is 0.277 e. The Morgan fingerprint density at radius 2 is 1.71 bits per heavy atom. The highest BCUT2D eigenvalue weighted by atomic mass is 32.2. The quantitative estimate of drug-likeness (QED) is 0.236. The lowest BCUT2D eigenvalue weighted by atomic mass is 10.2. The van der Waals surface area contributed by atoms with E-state index in [1.807, 2.05) is 24.5 Å². The largest absolute Gasteiger partial charge is 0.497 e. The third-order valence-corrected chi connectivity index (χ3v) is 6.28. The lowest BCUT2D eigenvalue weighted by molar-refractivity contribution is 0.102. The number of carbonyl (C=O) groups is 1. The fourth-order valence-electron chi connectivity index (χ4n) is 3.62. The van der Waals surface area contributed by atoms with E-state index in [0.29, 0.717) is 40.3 Å². The van der Waals surface area contributed by atoms with Gasteiger partial charge in [-0.15, -0.1) is 10.2 Å². The molecule has 0 aliphatic rings. The molecular formula is C25H24FN3O4S. The molecule has 0 bridgehead atoms. The van der Waals surface area contributed by atoms with Gasteiger partial charge in [-0.2, -0.15) is 0 Å². The van der Waals surface area contributed by atoms with Gasteiger partial charge in [-0.05, 0) is 49.7 Å². The summed E-state index contributed by atoms with van der Waals surface area (Å²) in [7, 11) is 3.13.